The highest BCUT2D eigenvalue weighted by Gasteiger charge is 2.31. The molecule has 1 fully saturated rings. The van der Waals surface area contributed by atoms with Crippen molar-refractivity contribution in [2.24, 2.45) is 5.92 Å². The van der Waals surface area contributed by atoms with Gasteiger partial charge < -0.3 is 10.0 Å². The van der Waals surface area contributed by atoms with Gasteiger partial charge in [0.2, 0.25) is 0 Å². The van der Waals surface area contributed by atoms with Crippen LogP contribution >= 0.6 is 0 Å². The first-order valence-corrected chi connectivity index (χ1v) is 10.1. The van der Waals surface area contributed by atoms with E-state index in [9.17, 15) is 9.90 Å². The summed E-state index contributed by atoms with van der Waals surface area (Å²) in [5, 5.41) is 10.7. The molecule has 1 aliphatic rings. The molecule has 2 atom stereocenters. The van der Waals surface area contributed by atoms with Gasteiger partial charge in [-0.2, -0.15) is 0 Å². The Kier molecular flexibility index (Phi) is 5.72. The molecule has 2 heterocycles. The van der Waals surface area contributed by atoms with Gasteiger partial charge in [0.25, 0.3) is 5.91 Å². The third-order valence-electron chi connectivity index (χ3n) is 5.75. The molecular formula is C25H26N2O2. The predicted molar refractivity (Wildman–Crippen MR) is 115 cm³/mol. The summed E-state index contributed by atoms with van der Waals surface area (Å²) < 4.78 is 0. The summed E-state index contributed by atoms with van der Waals surface area (Å²) in [5.41, 5.74) is 4.84. The fourth-order valence-electron chi connectivity index (χ4n) is 4.11. The molecular weight excluding hydrogens is 360 g/mol. The Hall–Kier alpha value is -2.98. The van der Waals surface area contributed by atoms with Crippen LogP contribution in [0.5, 0.6) is 0 Å². The van der Waals surface area contributed by atoms with Crippen LogP contribution < -0.4 is 0 Å². The first-order valence-electron chi connectivity index (χ1n) is 10.1. The number of hydrogen-bond acceptors (Lipinski definition) is 3. The fraction of sp³-hybridized carbons (Fsp3) is 0.280. The van der Waals surface area contributed by atoms with Crippen LogP contribution in [0.3, 0.4) is 0 Å². The molecule has 0 bridgehead atoms. The first-order chi connectivity index (χ1) is 14.1. The smallest absolute Gasteiger partial charge is 0.254 e. The van der Waals surface area contributed by atoms with E-state index in [0.29, 0.717) is 18.7 Å². The number of rotatable bonds is 4. The minimum atomic E-state index is -0.512. The van der Waals surface area contributed by atoms with Crippen molar-refractivity contribution in [1.82, 2.24) is 9.88 Å². The molecule has 0 aliphatic carbocycles. The number of carbonyl (C=O) groups is 1. The lowest BCUT2D eigenvalue weighted by atomic mass is 9.87. The monoisotopic (exact) mass is 386 g/mol. The summed E-state index contributed by atoms with van der Waals surface area (Å²) in [6.45, 7) is 3.03. The van der Waals surface area contributed by atoms with E-state index < -0.39 is 6.10 Å². The predicted octanol–water partition coefficient (Wildman–Crippen LogP) is 4.12. The maximum Gasteiger partial charge on any atom is 0.254 e. The van der Waals surface area contributed by atoms with E-state index in [-0.39, 0.29) is 11.8 Å². The zero-order chi connectivity index (χ0) is 20.2. The fourth-order valence-corrected chi connectivity index (χ4v) is 4.11. The highest BCUT2D eigenvalue weighted by atomic mass is 16.3. The van der Waals surface area contributed by atoms with E-state index >= 15 is 0 Å². The van der Waals surface area contributed by atoms with Crippen LogP contribution in [0.4, 0.5) is 0 Å². The molecule has 148 valence electrons. The van der Waals surface area contributed by atoms with Crippen molar-refractivity contribution in [1.29, 1.82) is 0 Å². The second-order valence-corrected chi connectivity index (χ2v) is 7.84. The summed E-state index contributed by atoms with van der Waals surface area (Å²) in [7, 11) is 0. The number of benzene rings is 2. The molecule has 4 rings (SSSR count). The molecule has 3 aromatic rings. The van der Waals surface area contributed by atoms with Gasteiger partial charge in [-0.05, 0) is 60.6 Å². The summed E-state index contributed by atoms with van der Waals surface area (Å²) in [6.07, 6.45) is 4.61. The molecule has 1 aliphatic heterocycles. The van der Waals surface area contributed by atoms with Gasteiger partial charge in [-0.1, -0.05) is 48.0 Å². The van der Waals surface area contributed by atoms with Crippen molar-refractivity contribution in [2.45, 2.75) is 25.9 Å². The highest BCUT2D eigenvalue weighted by molar-refractivity contribution is 6.01. The first kappa shape index (κ1) is 19.3. The molecule has 1 saturated heterocycles. The summed E-state index contributed by atoms with van der Waals surface area (Å²) in [4.78, 5) is 19.2. The van der Waals surface area contributed by atoms with Crippen molar-refractivity contribution in [2.75, 3.05) is 13.1 Å². The number of amides is 1. The Bertz CT molecular complexity index is 973. The van der Waals surface area contributed by atoms with E-state index in [4.69, 9.17) is 0 Å². The number of carbonyl (C=O) groups excluding carboxylic acids is 1. The Labute approximate surface area is 171 Å². The minimum Gasteiger partial charge on any atom is -0.391 e. The van der Waals surface area contributed by atoms with E-state index in [0.717, 1.165) is 29.5 Å². The van der Waals surface area contributed by atoms with E-state index in [1.807, 2.05) is 55.5 Å². The normalized spacial score (nSPS) is 19.2. The molecule has 1 aromatic heterocycles. The van der Waals surface area contributed by atoms with Crippen LogP contribution in [0.2, 0.25) is 0 Å². The molecule has 4 nitrogen and oxygen atoms in total. The summed E-state index contributed by atoms with van der Waals surface area (Å²) in [5.74, 6) is 0.163. The molecule has 29 heavy (non-hydrogen) atoms. The number of pyridine rings is 1. The van der Waals surface area contributed by atoms with Gasteiger partial charge in [0, 0.05) is 31.0 Å². The van der Waals surface area contributed by atoms with Crippen molar-refractivity contribution in [3.63, 3.8) is 0 Å². The molecule has 1 N–H and O–H groups in total. The van der Waals surface area contributed by atoms with Crippen LogP contribution in [0.15, 0.2) is 73.1 Å². The van der Waals surface area contributed by atoms with Crippen molar-refractivity contribution < 1.29 is 9.90 Å². The Morgan fingerprint density at radius 3 is 2.59 bits per heavy atom. The number of β-amino-alcohol motifs (C(OH)–C–C–N with tert-alkyl or cyclic N) is 1. The number of hydrogen-bond donors (Lipinski definition) is 1. The SMILES string of the molecule is Cc1ccc(-c2ccncc2)c(C(=O)N2CCC(Cc3ccccc3)C(O)C2)c1. The molecule has 1 amide bonds. The molecule has 2 aromatic carbocycles. The third-order valence-corrected chi connectivity index (χ3v) is 5.75. The number of piperidine rings is 1. The van der Waals surface area contributed by atoms with E-state index in [2.05, 4.69) is 17.1 Å². The van der Waals surface area contributed by atoms with Crippen LogP contribution in [0.1, 0.15) is 27.9 Å². The minimum absolute atomic E-state index is 0.0160. The molecule has 0 radical (unpaired) electrons. The molecule has 0 spiro atoms. The van der Waals surface area contributed by atoms with Crippen LogP contribution in [0.25, 0.3) is 11.1 Å². The van der Waals surface area contributed by atoms with E-state index in [1.54, 1.807) is 17.3 Å². The average molecular weight is 386 g/mol. The summed E-state index contributed by atoms with van der Waals surface area (Å²) in [6, 6.07) is 20.0. The number of aliphatic hydroxyl groups excluding tert-OH is 1. The largest absolute Gasteiger partial charge is 0.391 e. The number of aliphatic hydroxyl groups is 1. The number of aromatic nitrogens is 1. The average Bonchev–Trinajstić information content (AvgIpc) is 2.76. The second kappa shape index (κ2) is 8.58. The van der Waals surface area contributed by atoms with Crippen molar-refractivity contribution in [3.05, 3.63) is 89.7 Å². The zero-order valence-electron chi connectivity index (χ0n) is 16.7. The van der Waals surface area contributed by atoms with Crippen LogP contribution in [-0.2, 0) is 6.42 Å². The van der Waals surface area contributed by atoms with Gasteiger partial charge in [-0.15, -0.1) is 0 Å². The lowest BCUT2D eigenvalue weighted by molar-refractivity contribution is 0.0198. The number of aryl methyl sites for hydroxylation is 1. The zero-order valence-corrected chi connectivity index (χ0v) is 16.7. The lowest BCUT2D eigenvalue weighted by Crippen LogP contribution is -2.47. The van der Waals surface area contributed by atoms with Gasteiger partial charge in [-0.25, -0.2) is 0 Å². The standard InChI is InChI=1S/C25H26N2O2/c1-18-7-8-22(20-9-12-26-13-10-20)23(15-18)25(29)27-14-11-21(24(28)17-27)16-19-5-3-2-4-6-19/h2-10,12-13,15,21,24,28H,11,14,16-17H2,1H3. The maximum atomic E-state index is 13.4. The van der Waals surface area contributed by atoms with Gasteiger partial charge in [0.05, 0.1) is 6.10 Å². The van der Waals surface area contributed by atoms with Gasteiger partial charge in [-0.3, -0.25) is 9.78 Å². The van der Waals surface area contributed by atoms with Crippen molar-refractivity contribution >= 4 is 5.91 Å². The van der Waals surface area contributed by atoms with E-state index in [1.165, 1.54) is 5.56 Å². The third kappa shape index (κ3) is 4.38. The Morgan fingerprint density at radius 1 is 1.10 bits per heavy atom. The quantitative estimate of drug-likeness (QED) is 0.734. The topological polar surface area (TPSA) is 53.4 Å². The van der Waals surface area contributed by atoms with Gasteiger partial charge in [0.1, 0.15) is 0 Å². The Morgan fingerprint density at radius 2 is 1.86 bits per heavy atom. The molecule has 4 heteroatoms. The van der Waals surface area contributed by atoms with Gasteiger partial charge >= 0.3 is 0 Å². The molecule has 2 unspecified atom stereocenters. The number of likely N-dealkylation sites (tertiary alicyclic amines) is 1. The van der Waals surface area contributed by atoms with Crippen molar-refractivity contribution in [3.8, 4) is 11.1 Å². The lowest BCUT2D eigenvalue weighted by Gasteiger charge is -2.36. The highest BCUT2D eigenvalue weighted by Crippen LogP contribution is 2.28. The van der Waals surface area contributed by atoms with Gasteiger partial charge in [0.15, 0.2) is 0 Å². The van der Waals surface area contributed by atoms with Crippen LogP contribution in [-0.4, -0.2) is 40.1 Å². The number of nitrogens with zero attached hydrogens (tertiary/aromatic N) is 2. The molecule has 0 saturated carbocycles. The maximum absolute atomic E-state index is 13.4. The summed E-state index contributed by atoms with van der Waals surface area (Å²) >= 11 is 0. The second-order valence-electron chi connectivity index (χ2n) is 7.84. The Balaban J connectivity index is 1.52. The van der Waals surface area contributed by atoms with Crippen LogP contribution in [0, 0.1) is 12.8 Å².